The van der Waals surface area contributed by atoms with Crippen LogP contribution in [0, 0.1) is 11.8 Å². The first kappa shape index (κ1) is 19.4. The molecule has 2 aromatic rings. The molecule has 1 unspecified atom stereocenters. The number of hydrogen-bond acceptors (Lipinski definition) is 3. The van der Waals surface area contributed by atoms with Gasteiger partial charge in [-0.2, -0.15) is 12.6 Å². The number of aliphatic carboxylic acids is 1. The molecule has 0 bridgehead atoms. The van der Waals surface area contributed by atoms with Gasteiger partial charge in [-0.15, -0.1) is 0 Å². The molecule has 0 spiro atoms. The van der Waals surface area contributed by atoms with Crippen molar-refractivity contribution >= 4 is 35.4 Å². The number of carbonyl (C=O) groups is 2. The molecule has 0 saturated heterocycles. The molecule has 1 aromatic carbocycles. The highest BCUT2D eigenvalue weighted by atomic mass is 32.1. The topological polar surface area (TPSA) is 82.2 Å². The van der Waals surface area contributed by atoms with Gasteiger partial charge in [0.2, 0.25) is 5.91 Å². The molecule has 6 heteroatoms. The van der Waals surface area contributed by atoms with Gasteiger partial charge in [-0.25, -0.2) is 4.79 Å². The number of nitrogens with one attached hydrogen (secondary N) is 2. The van der Waals surface area contributed by atoms with Gasteiger partial charge < -0.3 is 15.4 Å². The third-order valence-corrected chi connectivity index (χ3v) is 4.58. The highest BCUT2D eigenvalue weighted by molar-refractivity contribution is 7.80. The lowest BCUT2D eigenvalue weighted by atomic mass is 9.93. The molecule has 1 heterocycles. The second kappa shape index (κ2) is 8.94. The van der Waals surface area contributed by atoms with E-state index in [1.54, 1.807) is 0 Å². The fourth-order valence-corrected chi connectivity index (χ4v) is 3.40. The van der Waals surface area contributed by atoms with Crippen molar-refractivity contribution in [3.63, 3.8) is 0 Å². The smallest absolute Gasteiger partial charge is 0.326 e. The SMILES string of the molecule is CC(C)CC(CCS)C(=O)N[C@@H](Cc1c[nH]c2ccccc12)C(=O)O. The van der Waals surface area contributed by atoms with Crippen LogP contribution in [-0.2, 0) is 16.0 Å². The summed E-state index contributed by atoms with van der Waals surface area (Å²) in [5, 5.41) is 13.3. The van der Waals surface area contributed by atoms with E-state index in [0.717, 1.165) is 22.9 Å². The van der Waals surface area contributed by atoms with Crippen LogP contribution < -0.4 is 5.32 Å². The lowest BCUT2D eigenvalue weighted by Gasteiger charge is -2.21. The minimum atomic E-state index is -1.02. The van der Waals surface area contributed by atoms with Crippen LogP contribution in [0.15, 0.2) is 30.5 Å². The Morgan fingerprint density at radius 2 is 2.00 bits per heavy atom. The van der Waals surface area contributed by atoms with Crippen molar-refractivity contribution in [1.82, 2.24) is 10.3 Å². The van der Waals surface area contributed by atoms with E-state index in [0.29, 0.717) is 18.1 Å². The number of hydrogen-bond donors (Lipinski definition) is 4. The Labute approximate surface area is 153 Å². The van der Waals surface area contributed by atoms with Crippen molar-refractivity contribution in [2.45, 2.75) is 39.2 Å². The maximum absolute atomic E-state index is 12.6. The Kier molecular flexibility index (Phi) is 6.93. The number of thiol groups is 1. The number of H-pyrrole nitrogens is 1. The second-order valence-corrected chi connectivity index (χ2v) is 7.25. The Hall–Kier alpha value is -1.95. The minimum absolute atomic E-state index is 0.199. The van der Waals surface area contributed by atoms with Crippen LogP contribution in [0.25, 0.3) is 10.9 Å². The second-order valence-electron chi connectivity index (χ2n) is 6.80. The van der Waals surface area contributed by atoms with Crippen LogP contribution in [0.5, 0.6) is 0 Å². The van der Waals surface area contributed by atoms with Crippen LogP contribution in [0.4, 0.5) is 0 Å². The predicted molar refractivity (Wildman–Crippen MR) is 103 cm³/mol. The molecule has 0 aliphatic rings. The Bertz CT molecular complexity index is 726. The average Bonchev–Trinajstić information content (AvgIpc) is 2.96. The van der Waals surface area contributed by atoms with E-state index >= 15 is 0 Å². The van der Waals surface area contributed by atoms with Crippen LogP contribution >= 0.6 is 12.6 Å². The van der Waals surface area contributed by atoms with Crippen molar-refractivity contribution in [3.05, 3.63) is 36.0 Å². The van der Waals surface area contributed by atoms with Crippen LogP contribution in [0.2, 0.25) is 0 Å². The van der Waals surface area contributed by atoms with Gasteiger partial charge in [-0.05, 0) is 36.1 Å². The van der Waals surface area contributed by atoms with Crippen molar-refractivity contribution in [2.24, 2.45) is 11.8 Å². The molecule has 3 N–H and O–H groups in total. The molecule has 136 valence electrons. The van der Waals surface area contributed by atoms with Gasteiger partial charge in [0.15, 0.2) is 0 Å². The number of fused-ring (bicyclic) bond motifs is 1. The maximum Gasteiger partial charge on any atom is 0.326 e. The quantitative estimate of drug-likeness (QED) is 0.517. The summed E-state index contributed by atoms with van der Waals surface area (Å²) >= 11 is 4.22. The number of aromatic amines is 1. The zero-order chi connectivity index (χ0) is 18.4. The number of amides is 1. The fraction of sp³-hybridized carbons (Fsp3) is 0.474. The summed E-state index contributed by atoms with van der Waals surface area (Å²) in [6.07, 6.45) is 3.44. The number of carboxylic acids is 1. The van der Waals surface area contributed by atoms with Gasteiger partial charge in [0.1, 0.15) is 6.04 Å². The number of rotatable bonds is 9. The van der Waals surface area contributed by atoms with E-state index in [-0.39, 0.29) is 18.2 Å². The number of aromatic nitrogens is 1. The predicted octanol–water partition coefficient (Wildman–Crippen LogP) is 3.26. The monoisotopic (exact) mass is 362 g/mol. The maximum atomic E-state index is 12.6. The molecule has 1 amide bonds. The molecule has 25 heavy (non-hydrogen) atoms. The lowest BCUT2D eigenvalue weighted by Crippen LogP contribution is -2.45. The Morgan fingerprint density at radius 3 is 2.64 bits per heavy atom. The zero-order valence-electron chi connectivity index (χ0n) is 14.7. The van der Waals surface area contributed by atoms with E-state index in [1.165, 1.54) is 0 Å². The first-order chi connectivity index (χ1) is 11.9. The zero-order valence-corrected chi connectivity index (χ0v) is 15.6. The lowest BCUT2D eigenvalue weighted by molar-refractivity contribution is -0.142. The van der Waals surface area contributed by atoms with E-state index in [4.69, 9.17) is 0 Å². The molecule has 2 rings (SSSR count). The highest BCUT2D eigenvalue weighted by Crippen LogP contribution is 2.20. The van der Waals surface area contributed by atoms with E-state index in [2.05, 4.69) is 36.8 Å². The molecule has 0 aliphatic heterocycles. The van der Waals surface area contributed by atoms with Crippen molar-refractivity contribution in [2.75, 3.05) is 5.75 Å². The van der Waals surface area contributed by atoms with E-state index in [1.807, 2.05) is 30.5 Å². The summed E-state index contributed by atoms with van der Waals surface area (Å²) in [7, 11) is 0. The molecule has 0 saturated carbocycles. The van der Waals surface area contributed by atoms with Crippen molar-refractivity contribution in [1.29, 1.82) is 0 Å². The summed E-state index contributed by atoms with van der Waals surface area (Å²) in [6.45, 7) is 4.11. The molecule has 1 aromatic heterocycles. The van der Waals surface area contributed by atoms with Crippen molar-refractivity contribution in [3.8, 4) is 0 Å². The van der Waals surface area contributed by atoms with Gasteiger partial charge in [0, 0.05) is 29.4 Å². The Morgan fingerprint density at radius 1 is 1.28 bits per heavy atom. The summed E-state index contributed by atoms with van der Waals surface area (Å²) in [6, 6.07) is 6.79. The number of benzene rings is 1. The van der Waals surface area contributed by atoms with Gasteiger partial charge in [-0.3, -0.25) is 4.79 Å². The summed E-state index contributed by atoms with van der Waals surface area (Å²) in [5.74, 6) is -0.456. The summed E-state index contributed by atoms with van der Waals surface area (Å²) in [5.41, 5.74) is 1.85. The van der Waals surface area contributed by atoms with Gasteiger partial charge in [0.05, 0.1) is 0 Å². The van der Waals surface area contributed by atoms with Crippen LogP contribution in [0.3, 0.4) is 0 Å². The number of para-hydroxylation sites is 1. The van der Waals surface area contributed by atoms with Crippen LogP contribution in [0.1, 0.15) is 32.3 Å². The number of carbonyl (C=O) groups excluding carboxylic acids is 1. The largest absolute Gasteiger partial charge is 0.480 e. The Balaban J connectivity index is 2.12. The highest BCUT2D eigenvalue weighted by Gasteiger charge is 2.26. The van der Waals surface area contributed by atoms with Gasteiger partial charge >= 0.3 is 5.97 Å². The summed E-state index contributed by atoms with van der Waals surface area (Å²) in [4.78, 5) is 27.4. The third kappa shape index (κ3) is 5.26. The standard InChI is InChI=1S/C19H26N2O3S/c1-12(2)9-13(7-8-25)18(22)21-17(19(23)24)10-14-11-20-16-6-4-3-5-15(14)16/h3-6,11-13,17,20,25H,7-10H2,1-2H3,(H,21,22)(H,23,24)/t13?,17-/m0/s1. The fourth-order valence-electron chi connectivity index (χ4n) is 3.09. The van der Waals surface area contributed by atoms with E-state index in [9.17, 15) is 14.7 Å². The van der Waals surface area contributed by atoms with E-state index < -0.39 is 12.0 Å². The van der Waals surface area contributed by atoms with Crippen LogP contribution in [-0.4, -0.2) is 33.8 Å². The molecule has 0 aliphatic carbocycles. The van der Waals surface area contributed by atoms with Crippen molar-refractivity contribution < 1.29 is 14.7 Å². The minimum Gasteiger partial charge on any atom is -0.480 e. The average molecular weight is 362 g/mol. The molecular formula is C19H26N2O3S. The first-order valence-corrected chi connectivity index (χ1v) is 9.24. The molecule has 0 radical (unpaired) electrons. The molecule has 5 nitrogen and oxygen atoms in total. The first-order valence-electron chi connectivity index (χ1n) is 8.61. The normalized spacial score (nSPS) is 13.8. The molecule has 2 atom stereocenters. The van der Waals surface area contributed by atoms with Gasteiger partial charge in [0.25, 0.3) is 0 Å². The number of carboxylic acid groups (broad SMARTS) is 1. The third-order valence-electron chi connectivity index (χ3n) is 4.32. The molecule has 0 fully saturated rings. The summed E-state index contributed by atoms with van der Waals surface area (Å²) < 4.78 is 0. The van der Waals surface area contributed by atoms with Gasteiger partial charge in [-0.1, -0.05) is 32.0 Å². The molecular weight excluding hydrogens is 336 g/mol.